The Hall–Kier alpha value is -2.26. The summed E-state index contributed by atoms with van der Waals surface area (Å²) < 4.78 is 10.7. The molecule has 2 aromatic carbocycles. The first-order valence-corrected chi connectivity index (χ1v) is 7.10. The molecule has 0 amide bonds. The van der Waals surface area contributed by atoms with Gasteiger partial charge in [-0.1, -0.05) is 30.3 Å². The second-order valence-electron chi connectivity index (χ2n) is 5.13. The lowest BCUT2D eigenvalue weighted by Gasteiger charge is -2.14. The maximum Gasteiger partial charge on any atom is 0.134 e. The molecule has 0 saturated heterocycles. The van der Waals surface area contributed by atoms with Crippen LogP contribution in [0.25, 0.3) is 11.0 Å². The molecule has 3 rings (SSSR count). The van der Waals surface area contributed by atoms with Gasteiger partial charge in [-0.3, -0.25) is 0 Å². The predicted molar refractivity (Wildman–Crippen MR) is 84.5 cm³/mol. The van der Waals surface area contributed by atoms with E-state index in [0.717, 1.165) is 17.9 Å². The third-order valence-electron chi connectivity index (χ3n) is 3.78. The monoisotopic (exact) mass is 281 g/mol. The molecule has 0 spiro atoms. The summed E-state index contributed by atoms with van der Waals surface area (Å²) in [6, 6.07) is 16.5. The highest BCUT2D eigenvalue weighted by atomic mass is 16.5. The van der Waals surface area contributed by atoms with Crippen LogP contribution < -0.4 is 10.1 Å². The highest BCUT2D eigenvalue weighted by Crippen LogP contribution is 2.22. The Morgan fingerprint density at radius 2 is 1.86 bits per heavy atom. The molecule has 0 fully saturated rings. The largest absolute Gasteiger partial charge is 0.497 e. The van der Waals surface area contributed by atoms with Crippen LogP contribution in [0.4, 0.5) is 0 Å². The van der Waals surface area contributed by atoms with Crippen LogP contribution in [-0.2, 0) is 6.54 Å². The van der Waals surface area contributed by atoms with Crippen molar-refractivity contribution in [2.45, 2.75) is 19.5 Å². The van der Waals surface area contributed by atoms with E-state index in [1.54, 1.807) is 7.11 Å². The fraction of sp³-hybridized carbons (Fsp3) is 0.222. The van der Waals surface area contributed by atoms with E-state index >= 15 is 0 Å². The molecule has 1 heterocycles. The molecular weight excluding hydrogens is 262 g/mol. The van der Waals surface area contributed by atoms with Crippen molar-refractivity contribution in [1.29, 1.82) is 0 Å². The highest BCUT2D eigenvalue weighted by Gasteiger charge is 2.08. The lowest BCUT2D eigenvalue weighted by Crippen LogP contribution is -2.17. The van der Waals surface area contributed by atoms with Crippen molar-refractivity contribution < 1.29 is 9.15 Å². The number of ether oxygens (including phenoxy) is 1. The van der Waals surface area contributed by atoms with Gasteiger partial charge in [0, 0.05) is 23.5 Å². The van der Waals surface area contributed by atoms with E-state index in [9.17, 15) is 0 Å². The number of fused-ring (bicyclic) bond motifs is 1. The van der Waals surface area contributed by atoms with Gasteiger partial charge in [0.15, 0.2) is 0 Å². The molecule has 0 saturated carbocycles. The van der Waals surface area contributed by atoms with Gasteiger partial charge < -0.3 is 14.5 Å². The molecule has 0 bridgehead atoms. The molecule has 0 aliphatic rings. The number of benzene rings is 2. The van der Waals surface area contributed by atoms with E-state index in [4.69, 9.17) is 9.15 Å². The van der Waals surface area contributed by atoms with Gasteiger partial charge in [-0.2, -0.15) is 0 Å². The minimum Gasteiger partial charge on any atom is -0.497 e. The maximum absolute atomic E-state index is 5.56. The average Bonchev–Trinajstić information content (AvgIpc) is 2.96. The van der Waals surface area contributed by atoms with Crippen LogP contribution >= 0.6 is 0 Å². The van der Waals surface area contributed by atoms with E-state index in [-0.39, 0.29) is 6.04 Å². The molecule has 3 aromatic rings. The lowest BCUT2D eigenvalue weighted by molar-refractivity contribution is 0.414. The average molecular weight is 281 g/mol. The van der Waals surface area contributed by atoms with Crippen LogP contribution in [0.3, 0.4) is 0 Å². The van der Waals surface area contributed by atoms with E-state index in [0.29, 0.717) is 0 Å². The van der Waals surface area contributed by atoms with Gasteiger partial charge in [0.05, 0.1) is 13.4 Å². The topological polar surface area (TPSA) is 34.4 Å². The minimum absolute atomic E-state index is 0.268. The van der Waals surface area contributed by atoms with Crippen LogP contribution in [0, 0.1) is 0 Å². The van der Waals surface area contributed by atoms with Crippen molar-refractivity contribution in [3.63, 3.8) is 0 Å². The molecule has 0 aliphatic carbocycles. The SMILES string of the molecule is COc1ccc([C@H](C)NCc2coc3ccccc23)cc1. The summed E-state index contributed by atoms with van der Waals surface area (Å²) in [6.45, 7) is 2.94. The zero-order chi connectivity index (χ0) is 14.7. The van der Waals surface area contributed by atoms with E-state index in [2.05, 4.69) is 30.4 Å². The van der Waals surface area contributed by atoms with Crippen LogP contribution in [-0.4, -0.2) is 7.11 Å². The Morgan fingerprint density at radius 1 is 1.10 bits per heavy atom. The van der Waals surface area contributed by atoms with Crippen molar-refractivity contribution >= 4 is 11.0 Å². The van der Waals surface area contributed by atoms with Crippen molar-refractivity contribution in [2.75, 3.05) is 7.11 Å². The van der Waals surface area contributed by atoms with Crippen LogP contribution in [0.15, 0.2) is 59.2 Å². The summed E-state index contributed by atoms with van der Waals surface area (Å²) in [5.41, 5.74) is 3.36. The second kappa shape index (κ2) is 6.02. The number of methoxy groups -OCH3 is 1. The number of furan rings is 1. The summed E-state index contributed by atoms with van der Waals surface area (Å²) in [4.78, 5) is 0. The Balaban J connectivity index is 1.68. The Bertz CT molecular complexity index is 715. The smallest absolute Gasteiger partial charge is 0.134 e. The van der Waals surface area contributed by atoms with Gasteiger partial charge >= 0.3 is 0 Å². The normalized spacial score (nSPS) is 12.5. The predicted octanol–water partition coefficient (Wildman–Crippen LogP) is 4.29. The summed E-state index contributed by atoms with van der Waals surface area (Å²) in [7, 11) is 1.68. The molecule has 1 aromatic heterocycles. The van der Waals surface area contributed by atoms with Crippen molar-refractivity contribution in [1.82, 2.24) is 5.32 Å². The molecule has 0 radical (unpaired) electrons. The Morgan fingerprint density at radius 3 is 2.62 bits per heavy atom. The zero-order valence-electron chi connectivity index (χ0n) is 12.3. The molecule has 0 unspecified atom stereocenters. The van der Waals surface area contributed by atoms with Crippen molar-refractivity contribution in [3.05, 3.63) is 65.9 Å². The molecule has 3 nitrogen and oxygen atoms in total. The van der Waals surface area contributed by atoms with Crippen molar-refractivity contribution in [2.24, 2.45) is 0 Å². The van der Waals surface area contributed by atoms with Gasteiger partial charge in [-0.15, -0.1) is 0 Å². The van der Waals surface area contributed by atoms with Crippen LogP contribution in [0.2, 0.25) is 0 Å². The van der Waals surface area contributed by atoms with Gasteiger partial charge in [0.25, 0.3) is 0 Å². The van der Waals surface area contributed by atoms with Gasteiger partial charge in [-0.05, 0) is 30.7 Å². The Labute approximate surface area is 124 Å². The molecule has 108 valence electrons. The number of para-hydroxylation sites is 1. The summed E-state index contributed by atoms with van der Waals surface area (Å²) in [5, 5.41) is 4.70. The third kappa shape index (κ3) is 2.93. The first kappa shape index (κ1) is 13.7. The third-order valence-corrected chi connectivity index (χ3v) is 3.78. The first-order chi connectivity index (χ1) is 10.3. The maximum atomic E-state index is 5.56. The first-order valence-electron chi connectivity index (χ1n) is 7.10. The number of rotatable bonds is 5. The summed E-state index contributed by atoms with van der Waals surface area (Å²) in [5.74, 6) is 0.881. The lowest BCUT2D eigenvalue weighted by atomic mass is 10.1. The second-order valence-corrected chi connectivity index (χ2v) is 5.13. The molecule has 1 atom stereocenters. The van der Waals surface area contributed by atoms with Crippen LogP contribution in [0.1, 0.15) is 24.1 Å². The summed E-state index contributed by atoms with van der Waals surface area (Å²) in [6.07, 6.45) is 1.83. The number of nitrogens with one attached hydrogen (secondary N) is 1. The molecule has 0 aliphatic heterocycles. The number of hydrogen-bond acceptors (Lipinski definition) is 3. The summed E-state index contributed by atoms with van der Waals surface area (Å²) >= 11 is 0. The van der Waals surface area contributed by atoms with Gasteiger partial charge in [0.1, 0.15) is 11.3 Å². The highest BCUT2D eigenvalue weighted by molar-refractivity contribution is 5.80. The minimum atomic E-state index is 0.268. The fourth-order valence-corrected chi connectivity index (χ4v) is 2.44. The zero-order valence-corrected chi connectivity index (χ0v) is 12.3. The van der Waals surface area contributed by atoms with Crippen molar-refractivity contribution in [3.8, 4) is 5.75 Å². The fourth-order valence-electron chi connectivity index (χ4n) is 2.44. The molecule has 21 heavy (non-hydrogen) atoms. The quantitative estimate of drug-likeness (QED) is 0.757. The van der Waals surface area contributed by atoms with E-state index in [1.165, 1.54) is 16.5 Å². The van der Waals surface area contributed by atoms with E-state index < -0.39 is 0 Å². The van der Waals surface area contributed by atoms with E-state index in [1.807, 2.05) is 36.6 Å². The molecular formula is C18H19NO2. The molecule has 1 N–H and O–H groups in total. The molecule has 3 heteroatoms. The Kier molecular flexibility index (Phi) is 3.93. The van der Waals surface area contributed by atoms with Crippen LogP contribution in [0.5, 0.6) is 5.75 Å². The number of hydrogen-bond donors (Lipinski definition) is 1. The van der Waals surface area contributed by atoms with Gasteiger partial charge in [0.2, 0.25) is 0 Å². The standard InChI is InChI=1S/C18H19NO2/c1-13(14-7-9-16(20-2)10-8-14)19-11-15-12-21-18-6-4-3-5-17(15)18/h3-10,12-13,19H,11H2,1-2H3/t13-/m0/s1. The van der Waals surface area contributed by atoms with Gasteiger partial charge in [-0.25, -0.2) is 0 Å².